The molecule has 0 fully saturated rings. The molecule has 0 heterocycles. The van der Waals surface area contributed by atoms with Crippen molar-refractivity contribution in [1.82, 2.24) is 21.3 Å². The van der Waals surface area contributed by atoms with E-state index in [4.69, 9.17) is 0 Å². The quantitative estimate of drug-likeness (QED) is 0.178. The van der Waals surface area contributed by atoms with Crippen molar-refractivity contribution in [2.24, 2.45) is 0 Å². The second-order valence-electron chi connectivity index (χ2n) is 5.43. The number of carbonyl (C=O) groups excluding carboxylic acids is 5. The molecule has 0 aliphatic rings. The van der Waals surface area contributed by atoms with E-state index in [1.165, 1.54) is 7.11 Å². The van der Waals surface area contributed by atoms with Gasteiger partial charge in [0.05, 0.1) is 13.7 Å². The monoisotopic (exact) mass is 384 g/mol. The molecule has 0 aliphatic heterocycles. The molecule has 0 aliphatic carbocycles. The van der Waals surface area contributed by atoms with Crippen LogP contribution >= 0.6 is 0 Å². The predicted molar refractivity (Wildman–Crippen MR) is 97.3 cm³/mol. The number of esters is 1. The molecular weight excluding hydrogens is 356 g/mol. The van der Waals surface area contributed by atoms with Gasteiger partial charge in [0.1, 0.15) is 0 Å². The molecule has 152 valence electrons. The molecule has 0 rings (SSSR count). The zero-order valence-corrected chi connectivity index (χ0v) is 15.8. The molecule has 0 bridgehead atoms. The summed E-state index contributed by atoms with van der Waals surface area (Å²) >= 11 is 0. The summed E-state index contributed by atoms with van der Waals surface area (Å²) in [5, 5.41) is 10.2. The summed E-state index contributed by atoms with van der Waals surface area (Å²) in [5.74, 6) is -1.81. The predicted octanol–water partition coefficient (Wildman–Crippen LogP) is -1.24. The molecule has 0 aromatic carbocycles. The van der Waals surface area contributed by atoms with Crippen molar-refractivity contribution in [3.63, 3.8) is 0 Å². The van der Waals surface area contributed by atoms with Gasteiger partial charge in [-0.1, -0.05) is 0 Å². The Morgan fingerprint density at radius 1 is 0.778 bits per heavy atom. The average molecular weight is 384 g/mol. The van der Waals surface area contributed by atoms with Crippen molar-refractivity contribution in [2.45, 2.75) is 32.6 Å². The highest BCUT2D eigenvalue weighted by molar-refractivity contribution is 5.94. The summed E-state index contributed by atoms with van der Waals surface area (Å²) in [6.07, 6.45) is 3.43. The molecule has 0 unspecified atom stereocenters. The van der Waals surface area contributed by atoms with Gasteiger partial charge < -0.3 is 26.0 Å². The zero-order valence-electron chi connectivity index (χ0n) is 15.8. The van der Waals surface area contributed by atoms with Crippen molar-refractivity contribution >= 4 is 29.6 Å². The Labute approximate surface area is 158 Å². The van der Waals surface area contributed by atoms with Gasteiger partial charge in [-0.15, -0.1) is 0 Å². The summed E-state index contributed by atoms with van der Waals surface area (Å²) in [7, 11) is 1.20. The fourth-order valence-corrected chi connectivity index (χ4v) is 1.82. The molecule has 0 atom stereocenters. The number of rotatable bonds is 13. The summed E-state index contributed by atoms with van der Waals surface area (Å²) in [6.45, 7) is 2.87. The standard InChI is InChI=1S/C17H28N4O6/c1-3-18-13(22)6-4-11-20-16(25)12-21-14(23)7-5-10-19-15(24)8-9-17(26)27-2/h8-9H,3-7,10-12H2,1-2H3,(H,18,22)(H,19,24)(H,20,25)(H,21,23)/b9-8+. The van der Waals surface area contributed by atoms with Crippen LogP contribution in [0.1, 0.15) is 32.6 Å². The Kier molecular flexibility index (Phi) is 13.7. The van der Waals surface area contributed by atoms with Crippen molar-refractivity contribution in [3.8, 4) is 0 Å². The molecule has 4 amide bonds. The number of methoxy groups -OCH3 is 1. The minimum absolute atomic E-state index is 0.0621. The van der Waals surface area contributed by atoms with E-state index in [9.17, 15) is 24.0 Å². The van der Waals surface area contributed by atoms with Gasteiger partial charge in [-0.2, -0.15) is 0 Å². The molecule has 10 nitrogen and oxygen atoms in total. The molecule has 27 heavy (non-hydrogen) atoms. The number of hydrogen-bond donors (Lipinski definition) is 4. The molecule has 0 radical (unpaired) electrons. The number of hydrogen-bond acceptors (Lipinski definition) is 6. The van der Waals surface area contributed by atoms with Crippen LogP contribution in [0.3, 0.4) is 0 Å². The van der Waals surface area contributed by atoms with Crippen LogP contribution in [0.25, 0.3) is 0 Å². The third-order valence-electron chi connectivity index (χ3n) is 3.17. The topological polar surface area (TPSA) is 143 Å². The largest absolute Gasteiger partial charge is 0.466 e. The van der Waals surface area contributed by atoms with Gasteiger partial charge in [0, 0.05) is 44.6 Å². The van der Waals surface area contributed by atoms with E-state index in [1.807, 2.05) is 6.92 Å². The minimum Gasteiger partial charge on any atom is -0.466 e. The molecule has 10 heteroatoms. The van der Waals surface area contributed by atoms with Gasteiger partial charge in [0.2, 0.25) is 23.6 Å². The fourth-order valence-electron chi connectivity index (χ4n) is 1.82. The number of ether oxygens (including phenoxy) is 1. The molecule has 0 saturated carbocycles. The van der Waals surface area contributed by atoms with Crippen molar-refractivity contribution in [3.05, 3.63) is 12.2 Å². The van der Waals surface area contributed by atoms with Gasteiger partial charge in [-0.05, 0) is 19.8 Å². The van der Waals surface area contributed by atoms with Crippen molar-refractivity contribution in [2.75, 3.05) is 33.3 Å². The van der Waals surface area contributed by atoms with Crippen molar-refractivity contribution < 1.29 is 28.7 Å². The number of nitrogens with one attached hydrogen (secondary N) is 4. The summed E-state index contributed by atoms with van der Waals surface area (Å²) in [5.41, 5.74) is 0. The van der Waals surface area contributed by atoms with Crippen LogP contribution in [-0.4, -0.2) is 62.9 Å². The van der Waals surface area contributed by atoms with Crippen LogP contribution in [-0.2, 0) is 28.7 Å². The fraction of sp³-hybridized carbons (Fsp3) is 0.588. The SMILES string of the molecule is CCNC(=O)CCCNC(=O)CNC(=O)CCCNC(=O)/C=C/C(=O)OC. The summed E-state index contributed by atoms with van der Waals surface area (Å²) < 4.78 is 4.35. The van der Waals surface area contributed by atoms with Crippen molar-refractivity contribution in [1.29, 1.82) is 0 Å². The van der Waals surface area contributed by atoms with E-state index < -0.39 is 11.9 Å². The molecular formula is C17H28N4O6. The first-order chi connectivity index (χ1) is 12.9. The molecule has 0 aromatic rings. The van der Waals surface area contributed by atoms with Crippen LogP contribution in [0.15, 0.2) is 12.2 Å². The second-order valence-corrected chi connectivity index (χ2v) is 5.43. The maximum Gasteiger partial charge on any atom is 0.330 e. The lowest BCUT2D eigenvalue weighted by Crippen LogP contribution is -2.37. The van der Waals surface area contributed by atoms with E-state index in [1.54, 1.807) is 0 Å². The Morgan fingerprint density at radius 2 is 1.37 bits per heavy atom. The molecule has 0 spiro atoms. The van der Waals surface area contributed by atoms with Crippen LogP contribution in [0.4, 0.5) is 0 Å². The smallest absolute Gasteiger partial charge is 0.330 e. The molecule has 4 N–H and O–H groups in total. The first-order valence-electron chi connectivity index (χ1n) is 8.73. The Morgan fingerprint density at radius 3 is 1.96 bits per heavy atom. The third-order valence-corrected chi connectivity index (χ3v) is 3.17. The third kappa shape index (κ3) is 15.1. The minimum atomic E-state index is -0.632. The number of carbonyl (C=O) groups is 5. The number of amides is 4. The maximum absolute atomic E-state index is 11.6. The Balaban J connectivity index is 3.69. The normalized spacial score (nSPS) is 10.1. The lowest BCUT2D eigenvalue weighted by molar-refractivity contribution is -0.135. The van der Waals surface area contributed by atoms with Crippen LogP contribution in [0, 0.1) is 0 Å². The Hall–Kier alpha value is -2.91. The van der Waals surface area contributed by atoms with E-state index in [-0.39, 0.29) is 37.2 Å². The van der Waals surface area contributed by atoms with E-state index in [0.29, 0.717) is 32.4 Å². The average Bonchev–Trinajstić information content (AvgIpc) is 2.65. The lowest BCUT2D eigenvalue weighted by Gasteiger charge is -2.07. The highest BCUT2D eigenvalue weighted by Gasteiger charge is 2.06. The van der Waals surface area contributed by atoms with Gasteiger partial charge in [-0.25, -0.2) is 4.79 Å². The van der Waals surface area contributed by atoms with Crippen LogP contribution < -0.4 is 21.3 Å². The summed E-state index contributed by atoms with van der Waals surface area (Å²) in [6, 6.07) is 0. The maximum atomic E-state index is 11.6. The van der Waals surface area contributed by atoms with Gasteiger partial charge in [0.15, 0.2) is 0 Å². The van der Waals surface area contributed by atoms with E-state index in [0.717, 1.165) is 12.2 Å². The molecule has 0 saturated heterocycles. The van der Waals surface area contributed by atoms with E-state index >= 15 is 0 Å². The van der Waals surface area contributed by atoms with Gasteiger partial charge in [0.25, 0.3) is 0 Å². The molecule has 0 aromatic heterocycles. The summed E-state index contributed by atoms with van der Waals surface area (Å²) in [4.78, 5) is 56.5. The first-order valence-corrected chi connectivity index (χ1v) is 8.73. The highest BCUT2D eigenvalue weighted by atomic mass is 16.5. The van der Waals surface area contributed by atoms with Gasteiger partial charge in [-0.3, -0.25) is 19.2 Å². The van der Waals surface area contributed by atoms with Gasteiger partial charge >= 0.3 is 5.97 Å². The first kappa shape index (κ1) is 24.1. The second kappa shape index (κ2) is 15.4. The highest BCUT2D eigenvalue weighted by Crippen LogP contribution is 1.89. The zero-order chi connectivity index (χ0) is 20.5. The lowest BCUT2D eigenvalue weighted by atomic mass is 10.3. The van der Waals surface area contributed by atoms with Crippen LogP contribution in [0.2, 0.25) is 0 Å². The van der Waals surface area contributed by atoms with E-state index in [2.05, 4.69) is 26.0 Å². The Bertz CT molecular complexity index is 548. The van der Waals surface area contributed by atoms with Crippen LogP contribution in [0.5, 0.6) is 0 Å².